The summed E-state index contributed by atoms with van der Waals surface area (Å²) >= 11 is 1.38. The van der Waals surface area contributed by atoms with Gasteiger partial charge in [-0.15, -0.1) is 11.3 Å². The van der Waals surface area contributed by atoms with Crippen LogP contribution in [0.1, 0.15) is 51.6 Å². The maximum absolute atomic E-state index is 12.4. The molecule has 0 fully saturated rings. The van der Waals surface area contributed by atoms with Crippen LogP contribution in [0.4, 0.5) is 5.00 Å². The van der Waals surface area contributed by atoms with E-state index in [4.69, 9.17) is 9.47 Å². The monoisotopic (exact) mass is 403 g/mol. The number of carbonyl (C=O) groups excluding carboxylic acids is 3. The van der Waals surface area contributed by atoms with Crippen molar-refractivity contribution in [2.45, 2.75) is 33.1 Å². The second kappa shape index (κ2) is 8.92. The molecule has 28 heavy (non-hydrogen) atoms. The van der Waals surface area contributed by atoms with Crippen molar-refractivity contribution in [3.05, 3.63) is 40.3 Å². The fourth-order valence-corrected chi connectivity index (χ4v) is 4.45. The standard InChI is InChI=1S/C19H21N3O5S/c1-3-26-19(25)16-12-5-4-11(2)8-14(12)28-17(16)22-15(23)10-27-18(24)13-9-20-6-7-21-13/h6-7,9,11H,3-5,8,10H2,1-2H3,(H,22,23)/t11-/m1/s1. The van der Waals surface area contributed by atoms with Crippen LogP contribution in [0.3, 0.4) is 0 Å². The van der Waals surface area contributed by atoms with Crippen LogP contribution in [0, 0.1) is 5.92 Å². The van der Waals surface area contributed by atoms with Gasteiger partial charge in [-0.1, -0.05) is 6.92 Å². The van der Waals surface area contributed by atoms with Crippen molar-refractivity contribution in [2.24, 2.45) is 5.92 Å². The van der Waals surface area contributed by atoms with Gasteiger partial charge < -0.3 is 14.8 Å². The van der Waals surface area contributed by atoms with Crippen molar-refractivity contribution < 1.29 is 23.9 Å². The van der Waals surface area contributed by atoms with Gasteiger partial charge >= 0.3 is 11.9 Å². The van der Waals surface area contributed by atoms with Gasteiger partial charge in [0, 0.05) is 17.3 Å². The molecule has 0 spiro atoms. The number of hydrogen-bond acceptors (Lipinski definition) is 8. The number of ether oxygens (including phenoxy) is 2. The van der Waals surface area contributed by atoms with Crippen LogP contribution in [0.5, 0.6) is 0 Å². The van der Waals surface area contributed by atoms with Crippen molar-refractivity contribution in [1.29, 1.82) is 0 Å². The zero-order valence-corrected chi connectivity index (χ0v) is 16.5. The number of nitrogens with one attached hydrogen (secondary N) is 1. The van der Waals surface area contributed by atoms with Gasteiger partial charge in [0.1, 0.15) is 5.00 Å². The molecule has 0 bridgehead atoms. The third-order valence-electron chi connectivity index (χ3n) is 4.35. The normalized spacial score (nSPS) is 15.4. The molecule has 0 saturated carbocycles. The Bertz CT molecular complexity index is 881. The van der Waals surface area contributed by atoms with Crippen molar-refractivity contribution in [3.63, 3.8) is 0 Å². The molecule has 1 aliphatic carbocycles. The summed E-state index contributed by atoms with van der Waals surface area (Å²) in [6, 6.07) is 0. The lowest BCUT2D eigenvalue weighted by Crippen LogP contribution is -2.22. The number of hydrogen-bond donors (Lipinski definition) is 1. The average molecular weight is 403 g/mol. The SMILES string of the molecule is CCOC(=O)c1c(NC(=O)COC(=O)c2cnccn2)sc2c1CC[C@@H](C)C2. The third kappa shape index (κ3) is 4.53. The predicted octanol–water partition coefficient (Wildman–Crippen LogP) is 2.64. The summed E-state index contributed by atoms with van der Waals surface area (Å²) in [6.45, 7) is 3.67. The lowest BCUT2D eigenvalue weighted by atomic mass is 9.88. The molecular formula is C19H21N3O5S. The van der Waals surface area contributed by atoms with E-state index in [9.17, 15) is 14.4 Å². The number of esters is 2. The molecule has 0 aliphatic heterocycles. The minimum atomic E-state index is -0.742. The van der Waals surface area contributed by atoms with E-state index in [1.54, 1.807) is 6.92 Å². The molecule has 0 saturated heterocycles. The summed E-state index contributed by atoms with van der Waals surface area (Å²) in [5, 5.41) is 3.14. The van der Waals surface area contributed by atoms with Crippen molar-refractivity contribution >= 4 is 34.2 Å². The number of thiophene rings is 1. The first-order valence-electron chi connectivity index (χ1n) is 9.04. The Morgan fingerprint density at radius 1 is 1.25 bits per heavy atom. The molecular weight excluding hydrogens is 382 g/mol. The zero-order chi connectivity index (χ0) is 20.1. The maximum atomic E-state index is 12.4. The van der Waals surface area contributed by atoms with Crippen LogP contribution >= 0.6 is 11.3 Å². The molecule has 0 aromatic carbocycles. The minimum absolute atomic E-state index is 0.0167. The average Bonchev–Trinajstić information content (AvgIpc) is 3.03. The highest BCUT2D eigenvalue weighted by Crippen LogP contribution is 2.40. The maximum Gasteiger partial charge on any atom is 0.359 e. The van der Waals surface area contributed by atoms with Crippen molar-refractivity contribution in [3.8, 4) is 0 Å². The Morgan fingerprint density at radius 3 is 2.79 bits per heavy atom. The molecule has 2 aromatic heterocycles. The molecule has 9 heteroatoms. The van der Waals surface area contributed by atoms with E-state index in [2.05, 4.69) is 22.2 Å². The first-order chi connectivity index (χ1) is 13.5. The van der Waals surface area contributed by atoms with E-state index in [0.717, 1.165) is 29.7 Å². The van der Waals surface area contributed by atoms with Crippen LogP contribution in [0.25, 0.3) is 0 Å². The first-order valence-corrected chi connectivity index (χ1v) is 9.85. The van der Waals surface area contributed by atoms with Gasteiger partial charge in [0.2, 0.25) is 0 Å². The topological polar surface area (TPSA) is 107 Å². The number of nitrogens with zero attached hydrogens (tertiary/aromatic N) is 2. The lowest BCUT2D eigenvalue weighted by molar-refractivity contribution is -0.119. The Labute approximate surface area is 166 Å². The molecule has 0 radical (unpaired) electrons. The molecule has 0 unspecified atom stereocenters. The van der Waals surface area contributed by atoms with Gasteiger partial charge in [-0.05, 0) is 37.7 Å². The molecule has 1 N–H and O–H groups in total. The van der Waals surface area contributed by atoms with Gasteiger partial charge in [0.05, 0.1) is 18.4 Å². The largest absolute Gasteiger partial charge is 0.462 e. The van der Waals surface area contributed by atoms with Gasteiger partial charge in [0.15, 0.2) is 12.3 Å². The fraction of sp³-hybridized carbons (Fsp3) is 0.421. The van der Waals surface area contributed by atoms with E-state index in [0.29, 0.717) is 16.5 Å². The van der Waals surface area contributed by atoms with E-state index >= 15 is 0 Å². The molecule has 2 heterocycles. The first kappa shape index (κ1) is 19.9. The quantitative estimate of drug-likeness (QED) is 0.739. The summed E-state index contributed by atoms with van der Waals surface area (Å²) in [4.78, 5) is 45.3. The van der Waals surface area contributed by atoms with Crippen molar-refractivity contribution in [1.82, 2.24) is 9.97 Å². The summed E-state index contributed by atoms with van der Waals surface area (Å²) in [6.07, 6.45) is 6.68. The highest BCUT2D eigenvalue weighted by molar-refractivity contribution is 7.17. The molecule has 148 valence electrons. The highest BCUT2D eigenvalue weighted by atomic mass is 32.1. The minimum Gasteiger partial charge on any atom is -0.462 e. The smallest absolute Gasteiger partial charge is 0.359 e. The van der Waals surface area contributed by atoms with Crippen molar-refractivity contribution in [2.75, 3.05) is 18.5 Å². The second-order valence-corrected chi connectivity index (χ2v) is 7.60. The summed E-state index contributed by atoms with van der Waals surface area (Å²) < 4.78 is 10.1. The summed E-state index contributed by atoms with van der Waals surface area (Å²) in [5.41, 5.74) is 1.39. The van der Waals surface area contributed by atoms with Crippen LogP contribution in [-0.2, 0) is 27.1 Å². The Morgan fingerprint density at radius 2 is 2.07 bits per heavy atom. The zero-order valence-electron chi connectivity index (χ0n) is 15.7. The molecule has 1 amide bonds. The van der Waals surface area contributed by atoms with Gasteiger partial charge in [-0.2, -0.15) is 0 Å². The number of carbonyl (C=O) groups is 3. The van der Waals surface area contributed by atoms with Crippen LogP contribution in [-0.4, -0.2) is 41.0 Å². The number of rotatable bonds is 6. The Balaban J connectivity index is 1.71. The number of anilines is 1. The van der Waals surface area contributed by atoms with Crippen LogP contribution in [0.2, 0.25) is 0 Å². The second-order valence-electron chi connectivity index (χ2n) is 6.49. The van der Waals surface area contributed by atoms with E-state index < -0.39 is 24.5 Å². The van der Waals surface area contributed by atoms with E-state index in [1.165, 1.54) is 29.9 Å². The predicted molar refractivity (Wildman–Crippen MR) is 102 cm³/mol. The van der Waals surface area contributed by atoms with Crippen LogP contribution < -0.4 is 5.32 Å². The fourth-order valence-electron chi connectivity index (χ4n) is 3.03. The van der Waals surface area contributed by atoms with E-state index in [1.807, 2.05) is 0 Å². The van der Waals surface area contributed by atoms with Gasteiger partial charge in [0.25, 0.3) is 5.91 Å². The number of aromatic nitrogens is 2. The lowest BCUT2D eigenvalue weighted by Gasteiger charge is -2.18. The molecule has 1 atom stereocenters. The summed E-state index contributed by atoms with van der Waals surface area (Å²) in [5.74, 6) is -1.19. The molecule has 3 rings (SSSR count). The number of fused-ring (bicyclic) bond motifs is 1. The Hall–Kier alpha value is -2.81. The number of amides is 1. The third-order valence-corrected chi connectivity index (χ3v) is 5.52. The highest BCUT2D eigenvalue weighted by Gasteiger charge is 2.29. The van der Waals surface area contributed by atoms with E-state index in [-0.39, 0.29) is 12.3 Å². The summed E-state index contributed by atoms with van der Waals surface area (Å²) in [7, 11) is 0. The Kier molecular flexibility index (Phi) is 6.35. The van der Waals surface area contributed by atoms with Gasteiger partial charge in [-0.25, -0.2) is 14.6 Å². The van der Waals surface area contributed by atoms with Crippen LogP contribution in [0.15, 0.2) is 18.6 Å². The van der Waals surface area contributed by atoms with Gasteiger partial charge in [-0.3, -0.25) is 9.78 Å². The molecule has 8 nitrogen and oxygen atoms in total. The molecule has 2 aromatic rings. The molecule has 1 aliphatic rings.